The Hall–Kier alpha value is -2.22. The van der Waals surface area contributed by atoms with Crippen LogP contribution >= 0.6 is 11.3 Å². The predicted molar refractivity (Wildman–Crippen MR) is 77.7 cm³/mol. The number of nitrogens with zero attached hydrogens (tertiary/aromatic N) is 4. The number of carbonyl (C=O) groups is 2. The summed E-state index contributed by atoms with van der Waals surface area (Å²) in [6.45, 7) is 1.25. The fourth-order valence-electron chi connectivity index (χ4n) is 2.31. The second-order valence-electron chi connectivity index (χ2n) is 5.07. The highest BCUT2D eigenvalue weighted by Crippen LogP contribution is 2.21. The summed E-state index contributed by atoms with van der Waals surface area (Å²) >= 11 is 1.67. The molecule has 1 aliphatic heterocycles. The number of anilines is 1. The third-order valence-corrected chi connectivity index (χ3v) is 4.21. The van der Waals surface area contributed by atoms with E-state index in [0.717, 1.165) is 6.42 Å². The first-order chi connectivity index (χ1) is 10.1. The molecule has 110 valence electrons. The molecule has 3 rings (SSSR count). The van der Waals surface area contributed by atoms with Crippen molar-refractivity contribution in [2.45, 2.75) is 6.42 Å². The lowest BCUT2D eigenvalue weighted by Gasteiger charge is -2.38. The van der Waals surface area contributed by atoms with Crippen LogP contribution < -0.4 is 5.32 Å². The Morgan fingerprint density at radius 2 is 2.29 bits per heavy atom. The highest BCUT2D eigenvalue weighted by molar-refractivity contribution is 7.07. The van der Waals surface area contributed by atoms with Crippen LogP contribution in [-0.4, -0.2) is 44.6 Å². The molecule has 0 aliphatic carbocycles. The molecule has 2 amide bonds. The summed E-state index contributed by atoms with van der Waals surface area (Å²) in [6, 6.07) is 2.09. The second kappa shape index (κ2) is 5.65. The molecule has 0 unspecified atom stereocenters. The van der Waals surface area contributed by atoms with Gasteiger partial charge in [-0.1, -0.05) is 0 Å². The molecule has 1 N–H and O–H groups in total. The Kier molecular flexibility index (Phi) is 3.70. The molecule has 1 aliphatic rings. The number of aromatic nitrogens is 3. The van der Waals surface area contributed by atoms with Crippen LogP contribution in [0.3, 0.4) is 0 Å². The van der Waals surface area contributed by atoms with Crippen molar-refractivity contribution >= 4 is 29.1 Å². The van der Waals surface area contributed by atoms with Gasteiger partial charge in [-0.25, -0.2) is 4.68 Å². The highest BCUT2D eigenvalue weighted by Gasteiger charge is 2.34. The quantitative estimate of drug-likeness (QED) is 0.838. The van der Waals surface area contributed by atoms with Crippen molar-refractivity contribution < 1.29 is 9.59 Å². The number of likely N-dealkylation sites (tertiary alicyclic amines) is 1. The van der Waals surface area contributed by atoms with Crippen molar-refractivity contribution in [3.05, 3.63) is 28.7 Å². The normalized spacial score (nSPS) is 14.8. The number of nitrogens with one attached hydrogen (secondary N) is 1. The van der Waals surface area contributed by atoms with Crippen LogP contribution in [0.15, 0.2) is 23.2 Å². The molecule has 3 heterocycles. The van der Waals surface area contributed by atoms with Crippen LogP contribution in [0.4, 0.5) is 5.95 Å². The van der Waals surface area contributed by atoms with E-state index in [1.165, 1.54) is 16.6 Å². The van der Waals surface area contributed by atoms with Gasteiger partial charge in [-0.2, -0.15) is 21.4 Å². The summed E-state index contributed by atoms with van der Waals surface area (Å²) in [4.78, 5) is 29.2. The maximum absolute atomic E-state index is 12.0. The zero-order chi connectivity index (χ0) is 14.8. The van der Waals surface area contributed by atoms with Crippen molar-refractivity contribution in [3.8, 4) is 0 Å². The number of carbonyl (C=O) groups excluding carboxylic acids is 2. The first kappa shape index (κ1) is 13.7. The predicted octanol–water partition coefficient (Wildman–Crippen LogP) is 0.516. The average Bonchev–Trinajstić information content (AvgIpc) is 3.05. The zero-order valence-corrected chi connectivity index (χ0v) is 12.3. The minimum atomic E-state index is -0.667. The van der Waals surface area contributed by atoms with Gasteiger partial charge in [0.2, 0.25) is 5.95 Å². The Balaban J connectivity index is 1.49. The molecule has 0 spiro atoms. The fraction of sp³-hybridized carbons (Fsp3) is 0.385. The maximum atomic E-state index is 12.0. The Morgan fingerprint density at radius 1 is 1.48 bits per heavy atom. The van der Waals surface area contributed by atoms with Crippen LogP contribution in [0.2, 0.25) is 0 Å². The van der Waals surface area contributed by atoms with Crippen molar-refractivity contribution in [1.82, 2.24) is 19.7 Å². The van der Waals surface area contributed by atoms with E-state index in [1.54, 1.807) is 23.3 Å². The number of thiophene rings is 1. The van der Waals surface area contributed by atoms with Crippen LogP contribution in [-0.2, 0) is 23.1 Å². The van der Waals surface area contributed by atoms with Gasteiger partial charge >= 0.3 is 11.8 Å². The zero-order valence-electron chi connectivity index (χ0n) is 11.5. The second-order valence-corrected chi connectivity index (χ2v) is 5.85. The van der Waals surface area contributed by atoms with E-state index in [2.05, 4.69) is 26.8 Å². The Bertz CT molecular complexity index is 645. The standard InChI is InChI=1S/C13H15N5O2S/c1-17-13(14-8-15-17)16-11(19)12(20)18-5-10(6-18)4-9-2-3-21-7-9/h2-3,7-8,10H,4-6H2,1H3,(H,14,15,16,19). The lowest BCUT2D eigenvalue weighted by molar-refractivity contribution is -0.147. The molecule has 21 heavy (non-hydrogen) atoms. The van der Waals surface area contributed by atoms with Crippen LogP contribution in [0, 0.1) is 5.92 Å². The van der Waals surface area contributed by atoms with E-state index in [-0.39, 0.29) is 5.95 Å². The summed E-state index contributed by atoms with van der Waals surface area (Å²) < 4.78 is 1.40. The summed E-state index contributed by atoms with van der Waals surface area (Å²) in [6.07, 6.45) is 2.28. The van der Waals surface area contributed by atoms with Gasteiger partial charge in [0.05, 0.1) is 0 Å². The van der Waals surface area contributed by atoms with Crippen LogP contribution in [0.5, 0.6) is 0 Å². The minimum absolute atomic E-state index is 0.267. The molecule has 0 radical (unpaired) electrons. The smallest absolute Gasteiger partial charge is 0.316 e. The highest BCUT2D eigenvalue weighted by atomic mass is 32.1. The van der Waals surface area contributed by atoms with Crippen molar-refractivity contribution in [2.24, 2.45) is 13.0 Å². The van der Waals surface area contributed by atoms with Crippen LogP contribution in [0.25, 0.3) is 0 Å². The van der Waals surface area contributed by atoms with Gasteiger partial charge in [-0.05, 0) is 34.7 Å². The topological polar surface area (TPSA) is 80.1 Å². The lowest BCUT2D eigenvalue weighted by atomic mass is 9.93. The van der Waals surface area contributed by atoms with E-state index in [4.69, 9.17) is 0 Å². The van der Waals surface area contributed by atoms with E-state index in [0.29, 0.717) is 19.0 Å². The Labute approximate surface area is 125 Å². The first-order valence-corrected chi connectivity index (χ1v) is 7.53. The van der Waals surface area contributed by atoms with Crippen molar-refractivity contribution in [3.63, 3.8) is 0 Å². The maximum Gasteiger partial charge on any atom is 0.316 e. The SMILES string of the molecule is Cn1ncnc1NC(=O)C(=O)N1CC(Cc2ccsc2)C1. The van der Waals surface area contributed by atoms with E-state index in [9.17, 15) is 9.59 Å². The van der Waals surface area contributed by atoms with E-state index >= 15 is 0 Å². The molecule has 1 saturated heterocycles. The molecule has 2 aromatic rings. The summed E-state index contributed by atoms with van der Waals surface area (Å²) in [5.41, 5.74) is 1.29. The van der Waals surface area contributed by atoms with Crippen LogP contribution in [0.1, 0.15) is 5.56 Å². The lowest BCUT2D eigenvalue weighted by Crippen LogP contribution is -2.54. The van der Waals surface area contributed by atoms with Gasteiger partial charge in [0, 0.05) is 20.1 Å². The monoisotopic (exact) mass is 305 g/mol. The molecular weight excluding hydrogens is 290 g/mol. The average molecular weight is 305 g/mol. The Morgan fingerprint density at radius 3 is 2.90 bits per heavy atom. The molecule has 0 saturated carbocycles. The molecule has 2 aromatic heterocycles. The molecular formula is C13H15N5O2S. The van der Waals surface area contributed by atoms with E-state index in [1.807, 2.05) is 5.38 Å². The summed E-state index contributed by atoms with van der Waals surface area (Å²) in [5.74, 6) is -0.477. The third-order valence-electron chi connectivity index (χ3n) is 3.48. The number of rotatable bonds is 3. The summed E-state index contributed by atoms with van der Waals surface area (Å²) in [5, 5.41) is 10.5. The van der Waals surface area contributed by atoms with Gasteiger partial charge in [-0.3, -0.25) is 14.9 Å². The number of aryl methyl sites for hydroxylation is 1. The first-order valence-electron chi connectivity index (χ1n) is 6.59. The molecule has 7 nitrogen and oxygen atoms in total. The molecule has 0 atom stereocenters. The van der Waals surface area contributed by atoms with Gasteiger partial charge in [0.25, 0.3) is 0 Å². The van der Waals surface area contributed by atoms with Crippen molar-refractivity contribution in [2.75, 3.05) is 18.4 Å². The molecule has 0 aromatic carbocycles. The van der Waals surface area contributed by atoms with E-state index < -0.39 is 11.8 Å². The molecule has 0 bridgehead atoms. The fourth-order valence-corrected chi connectivity index (χ4v) is 3.00. The van der Waals surface area contributed by atoms with Gasteiger partial charge in [0.1, 0.15) is 6.33 Å². The number of hydrogen-bond donors (Lipinski definition) is 1. The number of amides is 2. The largest absolute Gasteiger partial charge is 0.334 e. The van der Waals surface area contributed by atoms with Gasteiger partial charge in [-0.15, -0.1) is 0 Å². The summed E-state index contributed by atoms with van der Waals surface area (Å²) in [7, 11) is 1.65. The minimum Gasteiger partial charge on any atom is -0.334 e. The molecule has 8 heteroatoms. The third kappa shape index (κ3) is 2.94. The van der Waals surface area contributed by atoms with Gasteiger partial charge < -0.3 is 4.90 Å². The van der Waals surface area contributed by atoms with Gasteiger partial charge in [0.15, 0.2) is 0 Å². The molecule has 1 fully saturated rings. The van der Waals surface area contributed by atoms with Crippen molar-refractivity contribution in [1.29, 1.82) is 0 Å². The number of hydrogen-bond acceptors (Lipinski definition) is 5.